The van der Waals surface area contributed by atoms with Gasteiger partial charge in [-0.2, -0.15) is 0 Å². The highest BCUT2D eigenvalue weighted by Gasteiger charge is 2.20. The molecule has 1 aliphatic carbocycles. The van der Waals surface area contributed by atoms with Crippen molar-refractivity contribution in [1.82, 2.24) is 0 Å². The standard InChI is InChI=1S/C12H16/c1-10-4-2-3-5-12(10)9-8-11-6-7-11/h2-5,11H,6-9H2,1H3. The molecule has 0 heteroatoms. The Labute approximate surface area is 74.6 Å². The van der Waals surface area contributed by atoms with E-state index in [1.165, 1.54) is 31.2 Å². The molecule has 0 nitrogen and oxygen atoms in total. The van der Waals surface area contributed by atoms with Crippen LogP contribution in [0.15, 0.2) is 24.3 Å². The second kappa shape index (κ2) is 3.30. The predicted octanol–water partition coefficient (Wildman–Crippen LogP) is 3.34. The van der Waals surface area contributed by atoms with Crippen LogP contribution in [0.2, 0.25) is 0 Å². The van der Waals surface area contributed by atoms with Gasteiger partial charge in [-0.3, -0.25) is 0 Å². The molecular formula is C12H16. The zero-order valence-electron chi connectivity index (χ0n) is 7.72. The van der Waals surface area contributed by atoms with Gasteiger partial charge in [0.1, 0.15) is 0 Å². The van der Waals surface area contributed by atoms with E-state index in [1.54, 1.807) is 5.56 Å². The second-order valence-corrected chi connectivity index (χ2v) is 3.91. The van der Waals surface area contributed by atoms with Gasteiger partial charge in [0.15, 0.2) is 0 Å². The third-order valence-electron chi connectivity index (χ3n) is 2.78. The maximum atomic E-state index is 2.26. The molecule has 1 aromatic carbocycles. The SMILES string of the molecule is Cc1ccccc1CCC1CC1. The molecule has 2 rings (SSSR count). The normalized spacial score (nSPS) is 16.4. The Morgan fingerprint density at radius 3 is 2.67 bits per heavy atom. The summed E-state index contributed by atoms with van der Waals surface area (Å²) in [7, 11) is 0. The van der Waals surface area contributed by atoms with Crippen molar-refractivity contribution in [2.45, 2.75) is 32.6 Å². The largest absolute Gasteiger partial charge is 0.0620 e. The fourth-order valence-corrected chi connectivity index (χ4v) is 1.66. The summed E-state index contributed by atoms with van der Waals surface area (Å²) >= 11 is 0. The number of aryl methyl sites for hydroxylation is 2. The highest BCUT2D eigenvalue weighted by atomic mass is 14.3. The number of hydrogen-bond acceptors (Lipinski definition) is 0. The second-order valence-electron chi connectivity index (χ2n) is 3.91. The molecule has 1 aromatic rings. The van der Waals surface area contributed by atoms with Gasteiger partial charge in [-0.15, -0.1) is 0 Å². The number of hydrogen-bond donors (Lipinski definition) is 0. The van der Waals surface area contributed by atoms with E-state index in [2.05, 4.69) is 31.2 Å². The lowest BCUT2D eigenvalue weighted by molar-refractivity contribution is 0.724. The first-order chi connectivity index (χ1) is 5.86. The van der Waals surface area contributed by atoms with E-state index in [0.717, 1.165) is 5.92 Å². The van der Waals surface area contributed by atoms with Crippen LogP contribution in [0.1, 0.15) is 30.4 Å². The van der Waals surface area contributed by atoms with Crippen molar-refractivity contribution in [2.24, 2.45) is 5.92 Å². The summed E-state index contributed by atoms with van der Waals surface area (Å²) in [5.41, 5.74) is 3.00. The molecule has 0 spiro atoms. The van der Waals surface area contributed by atoms with Crippen LogP contribution in [0, 0.1) is 12.8 Å². The summed E-state index contributed by atoms with van der Waals surface area (Å²) in [6, 6.07) is 8.74. The number of rotatable bonds is 3. The maximum absolute atomic E-state index is 2.26. The van der Waals surface area contributed by atoms with Crippen LogP contribution >= 0.6 is 0 Å². The molecule has 12 heavy (non-hydrogen) atoms. The van der Waals surface area contributed by atoms with Gasteiger partial charge in [-0.1, -0.05) is 37.1 Å². The Morgan fingerprint density at radius 1 is 1.25 bits per heavy atom. The topological polar surface area (TPSA) is 0 Å². The lowest BCUT2D eigenvalue weighted by atomic mass is 10.0. The third-order valence-corrected chi connectivity index (χ3v) is 2.78. The average Bonchev–Trinajstić information content (AvgIpc) is 2.86. The highest BCUT2D eigenvalue weighted by molar-refractivity contribution is 5.25. The minimum Gasteiger partial charge on any atom is -0.0620 e. The van der Waals surface area contributed by atoms with Crippen molar-refractivity contribution in [3.8, 4) is 0 Å². The van der Waals surface area contributed by atoms with E-state index < -0.39 is 0 Å². The summed E-state index contributed by atoms with van der Waals surface area (Å²) in [6.45, 7) is 2.21. The van der Waals surface area contributed by atoms with Crippen LogP contribution in [0.25, 0.3) is 0 Å². The lowest BCUT2D eigenvalue weighted by Gasteiger charge is -2.03. The third kappa shape index (κ3) is 1.88. The molecule has 0 aliphatic heterocycles. The fraction of sp³-hybridized carbons (Fsp3) is 0.500. The smallest absolute Gasteiger partial charge is 0.0274 e. The summed E-state index contributed by atoms with van der Waals surface area (Å²) in [5.74, 6) is 1.06. The lowest BCUT2D eigenvalue weighted by Crippen LogP contribution is -1.89. The van der Waals surface area contributed by atoms with Crippen molar-refractivity contribution in [2.75, 3.05) is 0 Å². The molecule has 64 valence electrons. The van der Waals surface area contributed by atoms with Crippen molar-refractivity contribution >= 4 is 0 Å². The average molecular weight is 160 g/mol. The first-order valence-corrected chi connectivity index (χ1v) is 4.91. The van der Waals surface area contributed by atoms with Crippen molar-refractivity contribution in [3.63, 3.8) is 0 Å². The molecule has 1 aliphatic rings. The van der Waals surface area contributed by atoms with Gasteiger partial charge in [0.25, 0.3) is 0 Å². The molecule has 0 saturated heterocycles. The van der Waals surface area contributed by atoms with E-state index in [9.17, 15) is 0 Å². The van der Waals surface area contributed by atoms with Crippen LogP contribution < -0.4 is 0 Å². The monoisotopic (exact) mass is 160 g/mol. The first kappa shape index (κ1) is 7.85. The summed E-state index contributed by atoms with van der Waals surface area (Å²) in [6.07, 6.45) is 5.65. The van der Waals surface area contributed by atoms with Crippen LogP contribution in [0.3, 0.4) is 0 Å². The van der Waals surface area contributed by atoms with Crippen LogP contribution in [0.5, 0.6) is 0 Å². The molecule has 0 unspecified atom stereocenters. The Bertz CT molecular complexity index is 258. The molecule has 0 aromatic heterocycles. The Hall–Kier alpha value is -0.780. The molecule has 0 amide bonds. The predicted molar refractivity (Wildman–Crippen MR) is 52.2 cm³/mol. The van der Waals surface area contributed by atoms with Crippen LogP contribution in [-0.2, 0) is 6.42 Å². The molecular weight excluding hydrogens is 144 g/mol. The first-order valence-electron chi connectivity index (χ1n) is 4.91. The Kier molecular flexibility index (Phi) is 2.16. The van der Waals surface area contributed by atoms with Gasteiger partial charge in [-0.05, 0) is 36.8 Å². The molecule has 1 fully saturated rings. The molecule has 0 atom stereocenters. The highest BCUT2D eigenvalue weighted by Crippen LogP contribution is 2.33. The molecule has 0 heterocycles. The van der Waals surface area contributed by atoms with Gasteiger partial charge in [0.2, 0.25) is 0 Å². The van der Waals surface area contributed by atoms with Crippen molar-refractivity contribution in [1.29, 1.82) is 0 Å². The fourth-order valence-electron chi connectivity index (χ4n) is 1.66. The zero-order chi connectivity index (χ0) is 8.39. The molecule has 0 N–H and O–H groups in total. The van der Waals surface area contributed by atoms with Crippen LogP contribution in [0.4, 0.5) is 0 Å². The van der Waals surface area contributed by atoms with E-state index in [1.807, 2.05) is 0 Å². The maximum Gasteiger partial charge on any atom is -0.0274 e. The summed E-state index contributed by atoms with van der Waals surface area (Å²) in [4.78, 5) is 0. The minimum atomic E-state index is 1.06. The van der Waals surface area contributed by atoms with E-state index >= 15 is 0 Å². The zero-order valence-corrected chi connectivity index (χ0v) is 7.72. The Balaban J connectivity index is 1.96. The van der Waals surface area contributed by atoms with E-state index in [-0.39, 0.29) is 0 Å². The summed E-state index contributed by atoms with van der Waals surface area (Å²) < 4.78 is 0. The minimum absolute atomic E-state index is 1.06. The molecule has 1 saturated carbocycles. The molecule has 0 bridgehead atoms. The van der Waals surface area contributed by atoms with Crippen LogP contribution in [-0.4, -0.2) is 0 Å². The Morgan fingerprint density at radius 2 is 2.00 bits per heavy atom. The van der Waals surface area contributed by atoms with Gasteiger partial charge >= 0.3 is 0 Å². The van der Waals surface area contributed by atoms with Gasteiger partial charge in [0, 0.05) is 0 Å². The van der Waals surface area contributed by atoms with E-state index in [4.69, 9.17) is 0 Å². The quantitative estimate of drug-likeness (QED) is 0.636. The summed E-state index contributed by atoms with van der Waals surface area (Å²) in [5, 5.41) is 0. The van der Waals surface area contributed by atoms with Gasteiger partial charge < -0.3 is 0 Å². The van der Waals surface area contributed by atoms with Crippen molar-refractivity contribution < 1.29 is 0 Å². The van der Waals surface area contributed by atoms with Crippen molar-refractivity contribution in [3.05, 3.63) is 35.4 Å². The number of benzene rings is 1. The molecule has 0 radical (unpaired) electrons. The van der Waals surface area contributed by atoms with Gasteiger partial charge in [0.05, 0.1) is 0 Å². The van der Waals surface area contributed by atoms with Gasteiger partial charge in [-0.25, -0.2) is 0 Å². The van der Waals surface area contributed by atoms with E-state index in [0.29, 0.717) is 0 Å².